The number of rotatable bonds is 3. The van der Waals surface area contributed by atoms with Crippen molar-refractivity contribution in [3.05, 3.63) is 48.9 Å². The van der Waals surface area contributed by atoms with E-state index in [4.69, 9.17) is 0 Å². The highest BCUT2D eigenvalue weighted by Crippen LogP contribution is 2.19. The van der Waals surface area contributed by atoms with Gasteiger partial charge in [-0.15, -0.1) is 0 Å². The Morgan fingerprint density at radius 2 is 1.96 bits per heavy atom. The molecule has 4 rings (SSSR count). The molecule has 0 unspecified atom stereocenters. The molecule has 0 radical (unpaired) electrons. The van der Waals surface area contributed by atoms with Crippen LogP contribution < -0.4 is 10.6 Å². The van der Waals surface area contributed by atoms with Gasteiger partial charge in [-0.1, -0.05) is 12.1 Å². The van der Waals surface area contributed by atoms with Crippen molar-refractivity contribution in [1.82, 2.24) is 19.9 Å². The maximum absolute atomic E-state index is 12.3. The third-order valence-electron chi connectivity index (χ3n) is 4.43. The van der Waals surface area contributed by atoms with Crippen LogP contribution >= 0.6 is 0 Å². The number of hydrogen-bond donors (Lipinski definition) is 2. The maximum atomic E-state index is 12.3. The van der Waals surface area contributed by atoms with Gasteiger partial charge in [-0.3, -0.25) is 9.36 Å². The number of anilines is 1. The van der Waals surface area contributed by atoms with Crippen LogP contribution in [0.3, 0.4) is 0 Å². The fourth-order valence-electron chi connectivity index (χ4n) is 3.07. The Hall–Kier alpha value is -2.73. The second kappa shape index (κ2) is 6.41. The van der Waals surface area contributed by atoms with Crippen LogP contribution in [0, 0.1) is 5.92 Å². The minimum atomic E-state index is 0.0825. The highest BCUT2D eigenvalue weighted by atomic mass is 16.1. The number of fused-ring (bicyclic) bond motifs is 1. The van der Waals surface area contributed by atoms with Gasteiger partial charge in [0.15, 0.2) is 0 Å². The number of imidazole rings is 1. The molecule has 0 bridgehead atoms. The molecule has 2 N–H and O–H groups in total. The summed E-state index contributed by atoms with van der Waals surface area (Å²) in [5.74, 6) is 0.950. The first-order valence-corrected chi connectivity index (χ1v) is 8.21. The first-order valence-electron chi connectivity index (χ1n) is 8.21. The van der Waals surface area contributed by atoms with Crippen molar-refractivity contribution in [2.24, 2.45) is 5.92 Å². The number of nitrogens with zero attached hydrogens (tertiary/aromatic N) is 3. The van der Waals surface area contributed by atoms with Crippen molar-refractivity contribution in [2.75, 3.05) is 18.4 Å². The summed E-state index contributed by atoms with van der Waals surface area (Å²) in [6, 6.07) is 11.7. The van der Waals surface area contributed by atoms with Crippen molar-refractivity contribution < 1.29 is 4.79 Å². The fourth-order valence-corrected chi connectivity index (χ4v) is 3.07. The van der Waals surface area contributed by atoms with E-state index in [2.05, 4.69) is 20.6 Å². The summed E-state index contributed by atoms with van der Waals surface area (Å²) in [5, 5.41) is 6.24. The molecule has 1 aromatic carbocycles. The normalized spacial score (nSPS) is 15.5. The predicted octanol–water partition coefficient (Wildman–Crippen LogP) is 2.36. The van der Waals surface area contributed by atoms with Gasteiger partial charge in [-0.25, -0.2) is 9.97 Å². The summed E-state index contributed by atoms with van der Waals surface area (Å²) in [6.07, 6.45) is 5.24. The lowest BCUT2D eigenvalue weighted by Crippen LogP contribution is -2.34. The van der Waals surface area contributed by atoms with Crippen LogP contribution in [0.25, 0.3) is 16.9 Å². The van der Waals surface area contributed by atoms with Crippen molar-refractivity contribution in [1.29, 1.82) is 0 Å². The third kappa shape index (κ3) is 2.88. The molecule has 6 nitrogen and oxygen atoms in total. The molecule has 0 aliphatic carbocycles. The van der Waals surface area contributed by atoms with Gasteiger partial charge in [0.1, 0.15) is 12.1 Å². The van der Waals surface area contributed by atoms with Crippen LogP contribution in [0.2, 0.25) is 0 Å². The average Bonchev–Trinajstić information content (AvgIpc) is 3.07. The number of carbonyl (C=O) groups is 1. The van der Waals surface area contributed by atoms with Crippen molar-refractivity contribution in [3.63, 3.8) is 0 Å². The molecule has 122 valence electrons. The van der Waals surface area contributed by atoms with Gasteiger partial charge in [0.05, 0.1) is 22.9 Å². The van der Waals surface area contributed by atoms with Gasteiger partial charge < -0.3 is 10.6 Å². The first-order chi connectivity index (χ1) is 11.8. The van der Waals surface area contributed by atoms with E-state index >= 15 is 0 Å². The number of hydrogen-bond acceptors (Lipinski definition) is 4. The number of piperidine rings is 1. The Morgan fingerprint density at radius 3 is 2.75 bits per heavy atom. The lowest BCUT2D eigenvalue weighted by Gasteiger charge is -2.21. The first kappa shape index (κ1) is 14.8. The van der Waals surface area contributed by atoms with Gasteiger partial charge in [0.2, 0.25) is 5.91 Å². The lowest BCUT2D eigenvalue weighted by atomic mass is 9.97. The van der Waals surface area contributed by atoms with Crippen LogP contribution in [-0.2, 0) is 4.79 Å². The molecule has 1 fully saturated rings. The zero-order valence-corrected chi connectivity index (χ0v) is 13.3. The maximum Gasteiger partial charge on any atom is 0.227 e. The zero-order valence-electron chi connectivity index (χ0n) is 13.3. The predicted molar refractivity (Wildman–Crippen MR) is 93.1 cm³/mol. The topological polar surface area (TPSA) is 71.8 Å². The van der Waals surface area contributed by atoms with Gasteiger partial charge in [-0.05, 0) is 50.2 Å². The van der Waals surface area contributed by atoms with E-state index in [1.807, 2.05) is 41.0 Å². The zero-order chi connectivity index (χ0) is 16.4. The molecule has 1 aliphatic rings. The van der Waals surface area contributed by atoms with Gasteiger partial charge >= 0.3 is 0 Å². The molecule has 0 atom stereocenters. The Balaban J connectivity index is 1.51. The highest BCUT2D eigenvalue weighted by Gasteiger charge is 2.20. The number of carbonyl (C=O) groups excluding carboxylic acids is 1. The number of benzene rings is 1. The fraction of sp³-hybridized carbons (Fsp3) is 0.278. The standard InChI is InChI=1S/C18H19N5O/c24-18(13-7-9-19-10-8-13)22-14-5-6-17(20-11-14)23-12-21-15-3-1-2-4-16(15)23/h1-6,11-13,19H,7-10H2,(H,22,24). The quantitative estimate of drug-likeness (QED) is 0.777. The second-order valence-corrected chi connectivity index (χ2v) is 6.02. The van der Waals surface area contributed by atoms with Crippen molar-refractivity contribution in [3.8, 4) is 5.82 Å². The van der Waals surface area contributed by atoms with E-state index in [0.29, 0.717) is 0 Å². The Bertz CT molecular complexity index is 849. The second-order valence-electron chi connectivity index (χ2n) is 6.02. The highest BCUT2D eigenvalue weighted by molar-refractivity contribution is 5.92. The molecule has 1 saturated heterocycles. The van der Waals surface area contributed by atoms with E-state index in [1.54, 1.807) is 12.5 Å². The minimum Gasteiger partial charge on any atom is -0.324 e. The minimum absolute atomic E-state index is 0.0825. The molecule has 0 spiro atoms. The molecule has 1 amide bonds. The molecule has 24 heavy (non-hydrogen) atoms. The Kier molecular flexibility index (Phi) is 3.96. The summed E-state index contributed by atoms with van der Waals surface area (Å²) in [5.41, 5.74) is 2.67. The molecule has 3 heterocycles. The monoisotopic (exact) mass is 321 g/mol. The Labute approximate surface area is 139 Å². The van der Waals surface area contributed by atoms with E-state index in [0.717, 1.165) is 48.5 Å². The van der Waals surface area contributed by atoms with Crippen LogP contribution in [-0.4, -0.2) is 33.5 Å². The molecule has 3 aromatic rings. The van der Waals surface area contributed by atoms with Crippen molar-refractivity contribution in [2.45, 2.75) is 12.8 Å². The smallest absolute Gasteiger partial charge is 0.227 e. The summed E-state index contributed by atoms with van der Waals surface area (Å²) in [7, 11) is 0. The largest absolute Gasteiger partial charge is 0.324 e. The van der Waals surface area contributed by atoms with Crippen LogP contribution in [0.5, 0.6) is 0 Å². The summed E-state index contributed by atoms with van der Waals surface area (Å²) in [6.45, 7) is 1.81. The summed E-state index contributed by atoms with van der Waals surface area (Å²) < 4.78 is 1.94. The lowest BCUT2D eigenvalue weighted by molar-refractivity contribution is -0.120. The molecule has 0 saturated carbocycles. The van der Waals surface area contributed by atoms with Gasteiger partial charge in [0.25, 0.3) is 0 Å². The summed E-state index contributed by atoms with van der Waals surface area (Å²) in [4.78, 5) is 21.1. The van der Waals surface area contributed by atoms with Crippen LogP contribution in [0.4, 0.5) is 5.69 Å². The number of amides is 1. The number of pyridine rings is 1. The van der Waals surface area contributed by atoms with Crippen LogP contribution in [0.15, 0.2) is 48.9 Å². The third-order valence-corrected chi connectivity index (χ3v) is 4.43. The van der Waals surface area contributed by atoms with E-state index in [9.17, 15) is 4.79 Å². The average molecular weight is 321 g/mol. The van der Waals surface area contributed by atoms with Crippen LogP contribution in [0.1, 0.15) is 12.8 Å². The molecule has 1 aliphatic heterocycles. The van der Waals surface area contributed by atoms with Crippen molar-refractivity contribution >= 4 is 22.6 Å². The van der Waals surface area contributed by atoms with Gasteiger partial charge in [-0.2, -0.15) is 0 Å². The van der Waals surface area contributed by atoms with Gasteiger partial charge in [0, 0.05) is 5.92 Å². The molecule has 2 aromatic heterocycles. The summed E-state index contributed by atoms with van der Waals surface area (Å²) >= 11 is 0. The Morgan fingerprint density at radius 1 is 1.12 bits per heavy atom. The van der Waals surface area contributed by atoms with E-state index in [1.165, 1.54) is 0 Å². The van der Waals surface area contributed by atoms with E-state index < -0.39 is 0 Å². The molecule has 6 heteroatoms. The molecular formula is C18H19N5O. The molecular weight excluding hydrogens is 302 g/mol. The van der Waals surface area contributed by atoms with E-state index in [-0.39, 0.29) is 11.8 Å². The number of para-hydroxylation sites is 2. The number of nitrogens with one attached hydrogen (secondary N) is 2. The number of aromatic nitrogens is 3. The SMILES string of the molecule is O=C(Nc1ccc(-n2cnc3ccccc32)nc1)C1CCNCC1.